The van der Waals surface area contributed by atoms with Crippen molar-refractivity contribution in [3.05, 3.63) is 12.2 Å². The fourth-order valence-electron chi connectivity index (χ4n) is 6.41. The Kier molecular flexibility index (Phi) is 37.0. The Hall–Kier alpha value is -1.32. The molecule has 0 saturated carbocycles. The molecule has 0 fully saturated rings. The SMILES string of the molecule is CCCCCCCC/C=C\CCCCCCCCCCCCCC(=O)OC(CCCCCCCCCCCCCC)CCC(=O)O. The number of carboxylic acid groups (broad SMARTS) is 1. The third kappa shape index (κ3) is 37.1. The summed E-state index contributed by atoms with van der Waals surface area (Å²) in [6, 6.07) is 0. The molecule has 0 heterocycles. The maximum absolute atomic E-state index is 12.4. The molecule has 1 atom stereocenters. The predicted molar refractivity (Wildman–Crippen MR) is 200 cm³/mol. The minimum atomic E-state index is -0.808. The van der Waals surface area contributed by atoms with Crippen LogP contribution in [0.1, 0.15) is 239 Å². The van der Waals surface area contributed by atoms with Crippen LogP contribution in [0.15, 0.2) is 12.2 Å². The molecular weight excluding hydrogens is 568 g/mol. The Morgan fingerprint density at radius 2 is 0.804 bits per heavy atom. The number of hydrogen-bond acceptors (Lipinski definition) is 3. The molecule has 0 bridgehead atoms. The molecule has 0 amide bonds. The maximum Gasteiger partial charge on any atom is 0.306 e. The fraction of sp³-hybridized carbons (Fsp3) is 0.905. The Bertz CT molecular complexity index is 658. The number of unbranched alkanes of at least 4 members (excludes halogenated alkanes) is 28. The molecule has 0 aromatic carbocycles. The van der Waals surface area contributed by atoms with Gasteiger partial charge in [0.05, 0.1) is 0 Å². The van der Waals surface area contributed by atoms with Crippen molar-refractivity contribution in [3.63, 3.8) is 0 Å². The van der Waals surface area contributed by atoms with Gasteiger partial charge in [-0.25, -0.2) is 0 Å². The van der Waals surface area contributed by atoms with Crippen LogP contribution in [-0.4, -0.2) is 23.1 Å². The lowest BCUT2D eigenvalue weighted by Crippen LogP contribution is -2.19. The van der Waals surface area contributed by atoms with Gasteiger partial charge in [-0.2, -0.15) is 0 Å². The average molecular weight is 649 g/mol. The lowest BCUT2D eigenvalue weighted by Gasteiger charge is -2.17. The molecule has 0 aliphatic carbocycles. The number of carbonyl (C=O) groups excluding carboxylic acids is 1. The highest BCUT2D eigenvalue weighted by Crippen LogP contribution is 2.18. The minimum Gasteiger partial charge on any atom is -0.481 e. The third-order valence-electron chi connectivity index (χ3n) is 9.50. The molecule has 0 radical (unpaired) electrons. The van der Waals surface area contributed by atoms with Gasteiger partial charge in [-0.3, -0.25) is 9.59 Å². The summed E-state index contributed by atoms with van der Waals surface area (Å²) in [6.45, 7) is 4.54. The number of carboxylic acids is 1. The van der Waals surface area contributed by atoms with Crippen LogP contribution in [0.25, 0.3) is 0 Å². The van der Waals surface area contributed by atoms with Crippen molar-refractivity contribution in [2.45, 2.75) is 245 Å². The molecule has 1 N–H and O–H groups in total. The van der Waals surface area contributed by atoms with Crippen molar-refractivity contribution in [1.82, 2.24) is 0 Å². The van der Waals surface area contributed by atoms with Crippen molar-refractivity contribution >= 4 is 11.9 Å². The maximum atomic E-state index is 12.4. The molecule has 46 heavy (non-hydrogen) atoms. The van der Waals surface area contributed by atoms with E-state index in [0.29, 0.717) is 12.8 Å². The summed E-state index contributed by atoms with van der Waals surface area (Å²) >= 11 is 0. The minimum absolute atomic E-state index is 0.0763. The molecule has 0 spiro atoms. The largest absolute Gasteiger partial charge is 0.481 e. The average Bonchev–Trinajstić information content (AvgIpc) is 3.04. The molecule has 0 aliphatic heterocycles. The summed E-state index contributed by atoms with van der Waals surface area (Å²) in [5.74, 6) is -0.944. The Balaban J connectivity index is 3.64. The van der Waals surface area contributed by atoms with Crippen LogP contribution >= 0.6 is 0 Å². The Morgan fingerprint density at radius 3 is 1.20 bits per heavy atom. The summed E-state index contributed by atoms with van der Waals surface area (Å²) in [4.78, 5) is 23.5. The second-order valence-electron chi connectivity index (χ2n) is 14.2. The number of esters is 1. The second kappa shape index (κ2) is 38.1. The number of ether oxygens (including phenoxy) is 1. The summed E-state index contributed by atoms with van der Waals surface area (Å²) in [5.41, 5.74) is 0. The first-order valence-electron chi connectivity index (χ1n) is 20.7. The van der Waals surface area contributed by atoms with E-state index in [1.165, 1.54) is 173 Å². The van der Waals surface area contributed by atoms with Crippen molar-refractivity contribution < 1.29 is 19.4 Å². The van der Waals surface area contributed by atoms with Gasteiger partial charge in [0.25, 0.3) is 0 Å². The van der Waals surface area contributed by atoms with E-state index in [1.807, 2.05) is 0 Å². The van der Waals surface area contributed by atoms with Crippen molar-refractivity contribution in [2.24, 2.45) is 0 Å². The zero-order valence-electron chi connectivity index (χ0n) is 31.2. The molecule has 0 aromatic heterocycles. The third-order valence-corrected chi connectivity index (χ3v) is 9.50. The van der Waals surface area contributed by atoms with Crippen LogP contribution < -0.4 is 0 Å². The molecular formula is C42H80O4. The van der Waals surface area contributed by atoms with Crippen LogP contribution in [0.2, 0.25) is 0 Å². The van der Waals surface area contributed by atoms with Crippen LogP contribution in [0.4, 0.5) is 0 Å². The zero-order valence-corrected chi connectivity index (χ0v) is 31.2. The lowest BCUT2D eigenvalue weighted by atomic mass is 10.0. The molecule has 0 saturated heterocycles. The zero-order chi connectivity index (χ0) is 33.6. The van der Waals surface area contributed by atoms with Crippen LogP contribution in [0, 0.1) is 0 Å². The van der Waals surface area contributed by atoms with E-state index in [1.54, 1.807) is 0 Å². The summed E-state index contributed by atoms with van der Waals surface area (Å²) in [6.07, 6.45) is 46.7. The van der Waals surface area contributed by atoms with Gasteiger partial charge in [0.15, 0.2) is 0 Å². The van der Waals surface area contributed by atoms with Crippen molar-refractivity contribution in [1.29, 1.82) is 0 Å². The van der Waals surface area contributed by atoms with Crippen LogP contribution in [-0.2, 0) is 14.3 Å². The van der Waals surface area contributed by atoms with E-state index in [0.717, 1.165) is 32.1 Å². The molecule has 0 rings (SSSR count). The first kappa shape index (κ1) is 44.7. The Morgan fingerprint density at radius 1 is 0.457 bits per heavy atom. The van der Waals surface area contributed by atoms with E-state index in [4.69, 9.17) is 9.84 Å². The van der Waals surface area contributed by atoms with E-state index in [-0.39, 0.29) is 18.5 Å². The van der Waals surface area contributed by atoms with Crippen LogP contribution in [0.3, 0.4) is 0 Å². The smallest absolute Gasteiger partial charge is 0.306 e. The van der Waals surface area contributed by atoms with E-state index < -0.39 is 5.97 Å². The Labute approximate surface area is 287 Å². The van der Waals surface area contributed by atoms with Crippen molar-refractivity contribution in [2.75, 3.05) is 0 Å². The normalized spacial score (nSPS) is 12.2. The molecule has 0 aliphatic rings. The van der Waals surface area contributed by atoms with E-state index in [2.05, 4.69) is 26.0 Å². The number of allylic oxidation sites excluding steroid dienone is 2. The number of carbonyl (C=O) groups is 2. The van der Waals surface area contributed by atoms with Gasteiger partial charge in [0, 0.05) is 12.8 Å². The van der Waals surface area contributed by atoms with E-state index in [9.17, 15) is 9.59 Å². The topological polar surface area (TPSA) is 63.6 Å². The van der Waals surface area contributed by atoms with Gasteiger partial charge in [0.1, 0.15) is 6.10 Å². The fourth-order valence-corrected chi connectivity index (χ4v) is 6.41. The van der Waals surface area contributed by atoms with Gasteiger partial charge in [-0.05, 0) is 51.4 Å². The highest BCUT2D eigenvalue weighted by atomic mass is 16.5. The standard InChI is InChI=1S/C42H80O4/c1-3-5-7-9-11-13-15-17-18-19-20-21-22-23-24-25-27-29-31-33-35-37-42(45)46-40(38-39-41(43)44)36-34-32-30-28-26-16-14-12-10-8-6-4-2/h17-18,40H,3-16,19-39H2,1-2H3,(H,43,44)/b18-17-. The van der Waals surface area contributed by atoms with Crippen molar-refractivity contribution in [3.8, 4) is 0 Å². The highest BCUT2D eigenvalue weighted by molar-refractivity contribution is 5.69. The van der Waals surface area contributed by atoms with Gasteiger partial charge in [-0.15, -0.1) is 0 Å². The summed E-state index contributed by atoms with van der Waals surface area (Å²) < 4.78 is 5.74. The van der Waals surface area contributed by atoms with E-state index >= 15 is 0 Å². The van der Waals surface area contributed by atoms with Gasteiger partial charge in [0.2, 0.25) is 0 Å². The number of aliphatic carboxylic acids is 1. The monoisotopic (exact) mass is 649 g/mol. The highest BCUT2D eigenvalue weighted by Gasteiger charge is 2.16. The molecule has 4 nitrogen and oxygen atoms in total. The van der Waals surface area contributed by atoms with Gasteiger partial charge < -0.3 is 9.84 Å². The second-order valence-corrected chi connectivity index (χ2v) is 14.2. The van der Waals surface area contributed by atoms with Gasteiger partial charge in [-0.1, -0.05) is 187 Å². The first-order valence-corrected chi connectivity index (χ1v) is 20.7. The molecule has 0 aromatic rings. The number of rotatable bonds is 38. The molecule has 1 unspecified atom stereocenters. The summed E-state index contributed by atoms with van der Waals surface area (Å²) in [5, 5.41) is 9.12. The summed E-state index contributed by atoms with van der Waals surface area (Å²) in [7, 11) is 0. The quantitative estimate of drug-likeness (QED) is 0.0411. The lowest BCUT2D eigenvalue weighted by molar-refractivity contribution is -0.151. The first-order chi connectivity index (χ1) is 22.6. The van der Waals surface area contributed by atoms with Crippen LogP contribution in [0.5, 0.6) is 0 Å². The molecule has 4 heteroatoms. The predicted octanol–water partition coefficient (Wildman–Crippen LogP) is 14.2. The van der Waals surface area contributed by atoms with Gasteiger partial charge >= 0.3 is 11.9 Å². The number of hydrogen-bond donors (Lipinski definition) is 1. The molecule has 272 valence electrons.